The summed E-state index contributed by atoms with van der Waals surface area (Å²) >= 11 is 5.88. The van der Waals surface area contributed by atoms with E-state index < -0.39 is 24.7 Å². The van der Waals surface area contributed by atoms with Gasteiger partial charge in [-0.15, -0.1) is 0 Å². The van der Waals surface area contributed by atoms with Crippen LogP contribution in [0.5, 0.6) is 5.75 Å². The zero-order chi connectivity index (χ0) is 19.8. The number of hydrogen-bond acceptors (Lipinski definition) is 5. The number of benzene rings is 2. The number of amides is 1. The van der Waals surface area contributed by atoms with Crippen molar-refractivity contribution in [2.45, 2.75) is 12.2 Å². The van der Waals surface area contributed by atoms with Gasteiger partial charge in [0.2, 0.25) is 0 Å². The molecule has 2 aromatic rings. The summed E-state index contributed by atoms with van der Waals surface area (Å²) in [6.07, 6.45) is 1.14. The number of carbonyl (C=O) groups is 1. The van der Waals surface area contributed by atoms with Gasteiger partial charge in [-0.25, -0.2) is 0 Å². The molecule has 0 aliphatic heterocycles. The van der Waals surface area contributed by atoms with E-state index in [0.717, 1.165) is 5.56 Å². The monoisotopic (exact) mass is 391 g/mol. The maximum atomic E-state index is 12.3. The van der Waals surface area contributed by atoms with Crippen molar-refractivity contribution in [1.29, 1.82) is 0 Å². The van der Waals surface area contributed by atoms with Crippen LogP contribution in [0.25, 0.3) is 12.2 Å². The van der Waals surface area contributed by atoms with Crippen molar-refractivity contribution in [3.8, 4) is 5.75 Å². The Hall–Kier alpha value is -2.38. The second-order valence-corrected chi connectivity index (χ2v) is 6.31. The van der Waals surface area contributed by atoms with Crippen LogP contribution in [0.2, 0.25) is 5.02 Å². The molecule has 6 nitrogen and oxygen atoms in total. The van der Waals surface area contributed by atoms with Gasteiger partial charge in [-0.2, -0.15) is 0 Å². The number of hydrogen-bond donors (Lipinski definition) is 4. The highest BCUT2D eigenvalue weighted by atomic mass is 35.5. The van der Waals surface area contributed by atoms with Crippen LogP contribution in [0.15, 0.2) is 42.5 Å². The number of nitrogens with one attached hydrogen (secondary N) is 1. The van der Waals surface area contributed by atoms with E-state index in [1.54, 1.807) is 37.4 Å². The summed E-state index contributed by atoms with van der Waals surface area (Å²) in [7, 11) is 1.54. The predicted molar refractivity (Wildman–Crippen MR) is 105 cm³/mol. The van der Waals surface area contributed by atoms with Gasteiger partial charge in [-0.1, -0.05) is 35.9 Å². The van der Waals surface area contributed by atoms with Gasteiger partial charge in [0.05, 0.1) is 19.8 Å². The highest BCUT2D eigenvalue weighted by Crippen LogP contribution is 2.23. The zero-order valence-corrected chi connectivity index (χ0v) is 15.6. The lowest BCUT2D eigenvalue weighted by atomic mass is 10.1. The van der Waals surface area contributed by atoms with E-state index in [2.05, 4.69) is 5.32 Å². The maximum absolute atomic E-state index is 12.3. The Morgan fingerprint density at radius 2 is 1.85 bits per heavy atom. The maximum Gasteiger partial charge on any atom is 0.251 e. The van der Waals surface area contributed by atoms with Gasteiger partial charge in [-0.3, -0.25) is 4.79 Å². The molecule has 2 rings (SSSR count). The standard InChI is InChI=1S/C20H22ClNO5/c1-27-19-9-6-15(20(26)22-11-17(24)18(25)12-23)10-14(19)5-2-13-3-7-16(21)8-4-13/h2-10,17-18,23-25H,11-12H2,1H3,(H,22,26)/b5-2+/t17-,18-/m0/s1. The first-order valence-corrected chi connectivity index (χ1v) is 8.69. The van der Waals surface area contributed by atoms with Crippen molar-refractivity contribution in [3.63, 3.8) is 0 Å². The van der Waals surface area contributed by atoms with E-state index in [0.29, 0.717) is 21.9 Å². The highest BCUT2D eigenvalue weighted by Gasteiger charge is 2.17. The van der Waals surface area contributed by atoms with Crippen LogP contribution in [0, 0.1) is 0 Å². The quantitative estimate of drug-likeness (QED) is 0.516. The molecule has 4 N–H and O–H groups in total. The Kier molecular flexibility index (Phi) is 7.82. The van der Waals surface area contributed by atoms with Crippen LogP contribution >= 0.6 is 11.6 Å². The van der Waals surface area contributed by atoms with E-state index in [1.165, 1.54) is 0 Å². The molecule has 7 heteroatoms. The normalized spacial score (nSPS) is 13.4. The number of ether oxygens (including phenoxy) is 1. The molecule has 27 heavy (non-hydrogen) atoms. The Balaban J connectivity index is 2.14. The molecule has 144 valence electrons. The molecule has 2 atom stereocenters. The first-order valence-electron chi connectivity index (χ1n) is 8.31. The molecule has 0 spiro atoms. The number of methoxy groups -OCH3 is 1. The van der Waals surface area contributed by atoms with Gasteiger partial charge in [0.15, 0.2) is 0 Å². The molecular formula is C20H22ClNO5. The lowest BCUT2D eigenvalue weighted by Crippen LogP contribution is -2.40. The molecule has 0 aliphatic rings. The SMILES string of the molecule is COc1ccc(C(=O)NC[C@H](O)[C@@H](O)CO)cc1/C=C/c1ccc(Cl)cc1. The first kappa shape index (κ1) is 20.9. The van der Waals surface area contributed by atoms with Crippen molar-refractivity contribution < 1.29 is 24.9 Å². The molecule has 0 unspecified atom stereocenters. The number of aliphatic hydroxyl groups excluding tert-OH is 3. The molecule has 0 radical (unpaired) electrons. The van der Waals surface area contributed by atoms with Gasteiger partial charge in [0.1, 0.15) is 11.9 Å². The molecule has 0 heterocycles. The third kappa shape index (κ3) is 6.08. The predicted octanol–water partition coefficient (Wildman–Crippen LogP) is 1.96. The molecule has 1 amide bonds. The van der Waals surface area contributed by atoms with Crippen molar-refractivity contribution in [2.75, 3.05) is 20.3 Å². The first-order chi connectivity index (χ1) is 12.9. The van der Waals surface area contributed by atoms with Crippen LogP contribution in [0.1, 0.15) is 21.5 Å². The number of halogens is 1. The molecule has 0 saturated heterocycles. The van der Waals surface area contributed by atoms with Crippen LogP contribution in [-0.2, 0) is 0 Å². The van der Waals surface area contributed by atoms with Crippen molar-refractivity contribution in [1.82, 2.24) is 5.32 Å². The smallest absolute Gasteiger partial charge is 0.251 e. The van der Waals surface area contributed by atoms with Gasteiger partial charge < -0.3 is 25.4 Å². The summed E-state index contributed by atoms with van der Waals surface area (Å²) in [5, 5.41) is 30.9. The van der Waals surface area contributed by atoms with Crippen LogP contribution in [0.3, 0.4) is 0 Å². The summed E-state index contributed by atoms with van der Waals surface area (Å²) in [6, 6.07) is 12.3. The van der Waals surface area contributed by atoms with E-state index in [4.69, 9.17) is 21.4 Å². The van der Waals surface area contributed by atoms with Gasteiger partial charge in [-0.05, 0) is 35.9 Å². The average molecular weight is 392 g/mol. The fourth-order valence-corrected chi connectivity index (χ4v) is 2.45. The van der Waals surface area contributed by atoms with Crippen molar-refractivity contribution in [3.05, 3.63) is 64.2 Å². The fraction of sp³-hybridized carbons (Fsp3) is 0.250. The number of aliphatic hydroxyl groups is 3. The topological polar surface area (TPSA) is 99.0 Å². The Bertz CT molecular complexity index is 791. The van der Waals surface area contributed by atoms with E-state index in [1.807, 2.05) is 24.3 Å². The summed E-state index contributed by atoms with van der Waals surface area (Å²) < 4.78 is 5.33. The minimum Gasteiger partial charge on any atom is -0.496 e. The fourth-order valence-electron chi connectivity index (χ4n) is 2.32. The van der Waals surface area contributed by atoms with E-state index in [-0.39, 0.29) is 6.54 Å². The summed E-state index contributed by atoms with van der Waals surface area (Å²) in [6.45, 7) is -0.762. The van der Waals surface area contributed by atoms with E-state index >= 15 is 0 Å². The highest BCUT2D eigenvalue weighted by molar-refractivity contribution is 6.30. The zero-order valence-electron chi connectivity index (χ0n) is 14.8. The molecule has 2 aromatic carbocycles. The third-order valence-corrected chi connectivity index (χ3v) is 4.17. The Morgan fingerprint density at radius 1 is 1.15 bits per heavy atom. The number of carbonyl (C=O) groups excluding carboxylic acids is 1. The molecule has 0 bridgehead atoms. The van der Waals surface area contributed by atoms with E-state index in [9.17, 15) is 15.0 Å². The summed E-state index contributed by atoms with van der Waals surface area (Å²) in [5.74, 6) is 0.190. The summed E-state index contributed by atoms with van der Waals surface area (Å²) in [4.78, 5) is 12.3. The molecule has 0 aliphatic carbocycles. The van der Waals surface area contributed by atoms with Crippen LogP contribution in [0.4, 0.5) is 0 Å². The van der Waals surface area contributed by atoms with Crippen LogP contribution < -0.4 is 10.1 Å². The molecule has 0 fully saturated rings. The second kappa shape index (κ2) is 10.1. The largest absolute Gasteiger partial charge is 0.496 e. The van der Waals surface area contributed by atoms with Gasteiger partial charge >= 0.3 is 0 Å². The molecule has 0 aromatic heterocycles. The third-order valence-electron chi connectivity index (χ3n) is 3.92. The molecular weight excluding hydrogens is 370 g/mol. The second-order valence-electron chi connectivity index (χ2n) is 5.87. The number of rotatable bonds is 8. The Morgan fingerprint density at radius 3 is 2.48 bits per heavy atom. The Labute approximate surface area is 162 Å². The van der Waals surface area contributed by atoms with Gasteiger partial charge in [0, 0.05) is 22.7 Å². The van der Waals surface area contributed by atoms with Crippen LogP contribution in [-0.4, -0.2) is 53.7 Å². The minimum atomic E-state index is -1.31. The average Bonchev–Trinajstić information content (AvgIpc) is 2.70. The van der Waals surface area contributed by atoms with Crippen molar-refractivity contribution >= 4 is 29.7 Å². The molecule has 0 saturated carbocycles. The lowest BCUT2D eigenvalue weighted by molar-refractivity contribution is -0.0123. The van der Waals surface area contributed by atoms with Gasteiger partial charge in [0.25, 0.3) is 5.91 Å². The minimum absolute atomic E-state index is 0.178. The van der Waals surface area contributed by atoms with Crippen molar-refractivity contribution in [2.24, 2.45) is 0 Å². The lowest BCUT2D eigenvalue weighted by Gasteiger charge is -2.16. The summed E-state index contributed by atoms with van der Waals surface area (Å²) in [5.41, 5.74) is 2.02.